The number of piperidine rings is 1. The summed E-state index contributed by atoms with van der Waals surface area (Å²) >= 11 is 0. The first kappa shape index (κ1) is 13.9. The lowest BCUT2D eigenvalue weighted by molar-refractivity contribution is 0.0594. The van der Waals surface area contributed by atoms with Crippen molar-refractivity contribution in [1.82, 2.24) is 5.32 Å². The van der Waals surface area contributed by atoms with Gasteiger partial charge < -0.3 is 10.1 Å². The fraction of sp³-hybridized carbons (Fsp3) is 0.500. The van der Waals surface area contributed by atoms with E-state index in [-0.39, 0.29) is 11.6 Å². The third-order valence-electron chi connectivity index (χ3n) is 3.39. The molecule has 0 aliphatic carbocycles. The molecule has 1 fully saturated rings. The molecule has 1 aliphatic heterocycles. The zero-order valence-electron chi connectivity index (χ0n) is 10.8. The van der Waals surface area contributed by atoms with Crippen molar-refractivity contribution < 1.29 is 18.3 Å². The highest BCUT2D eigenvalue weighted by atomic mass is 19.2. The SMILES string of the molecule is COC(=O)c1cc(CC2CCCCN2)cc(F)c1F. The van der Waals surface area contributed by atoms with Crippen LogP contribution in [0, 0.1) is 11.6 Å². The molecule has 1 atom stereocenters. The highest BCUT2D eigenvalue weighted by Gasteiger charge is 2.20. The largest absolute Gasteiger partial charge is 0.465 e. The fourth-order valence-corrected chi connectivity index (χ4v) is 2.40. The molecule has 104 valence electrons. The molecule has 1 saturated heterocycles. The van der Waals surface area contributed by atoms with E-state index in [1.165, 1.54) is 6.07 Å². The van der Waals surface area contributed by atoms with E-state index in [0.717, 1.165) is 39.0 Å². The molecule has 1 aromatic carbocycles. The second-order valence-corrected chi connectivity index (χ2v) is 4.78. The second-order valence-electron chi connectivity index (χ2n) is 4.78. The lowest BCUT2D eigenvalue weighted by atomic mass is 9.96. The van der Waals surface area contributed by atoms with Crippen LogP contribution in [0.1, 0.15) is 35.2 Å². The molecule has 0 amide bonds. The van der Waals surface area contributed by atoms with Crippen molar-refractivity contribution in [3.8, 4) is 0 Å². The minimum Gasteiger partial charge on any atom is -0.465 e. The Labute approximate surface area is 111 Å². The van der Waals surface area contributed by atoms with E-state index >= 15 is 0 Å². The third kappa shape index (κ3) is 3.29. The second kappa shape index (κ2) is 6.10. The summed E-state index contributed by atoms with van der Waals surface area (Å²) in [7, 11) is 1.15. The molecule has 1 unspecified atom stereocenters. The molecule has 0 saturated carbocycles. The van der Waals surface area contributed by atoms with E-state index < -0.39 is 17.6 Å². The number of nitrogens with one attached hydrogen (secondary N) is 1. The predicted octanol–water partition coefficient (Wildman–Crippen LogP) is 2.44. The van der Waals surface area contributed by atoms with Crippen LogP contribution in [0.2, 0.25) is 0 Å². The van der Waals surface area contributed by atoms with Crippen molar-refractivity contribution in [2.75, 3.05) is 13.7 Å². The monoisotopic (exact) mass is 269 g/mol. The molecule has 0 aromatic heterocycles. The van der Waals surface area contributed by atoms with E-state index in [1.54, 1.807) is 0 Å². The number of halogens is 2. The molecule has 3 nitrogen and oxygen atoms in total. The molecule has 5 heteroatoms. The normalized spacial score (nSPS) is 19.2. The summed E-state index contributed by atoms with van der Waals surface area (Å²) in [6.45, 7) is 0.943. The Hall–Kier alpha value is -1.49. The Bertz CT molecular complexity index is 471. The van der Waals surface area contributed by atoms with Crippen LogP contribution in [0.5, 0.6) is 0 Å². The van der Waals surface area contributed by atoms with Crippen LogP contribution in [0.3, 0.4) is 0 Å². The molecule has 1 aromatic rings. The van der Waals surface area contributed by atoms with Gasteiger partial charge in [-0.15, -0.1) is 0 Å². The highest BCUT2D eigenvalue weighted by Crippen LogP contribution is 2.19. The van der Waals surface area contributed by atoms with Gasteiger partial charge in [0.25, 0.3) is 0 Å². The number of ether oxygens (including phenoxy) is 1. The van der Waals surface area contributed by atoms with Gasteiger partial charge in [-0.05, 0) is 43.5 Å². The van der Waals surface area contributed by atoms with Gasteiger partial charge in [0.05, 0.1) is 12.7 Å². The van der Waals surface area contributed by atoms with Gasteiger partial charge in [0.15, 0.2) is 11.6 Å². The van der Waals surface area contributed by atoms with Gasteiger partial charge in [-0.1, -0.05) is 6.42 Å². The molecular formula is C14H17F2NO2. The van der Waals surface area contributed by atoms with Gasteiger partial charge in [-0.3, -0.25) is 0 Å². The number of carbonyl (C=O) groups excluding carboxylic acids is 1. The van der Waals surface area contributed by atoms with Crippen molar-refractivity contribution in [2.45, 2.75) is 31.7 Å². The number of benzene rings is 1. The van der Waals surface area contributed by atoms with Gasteiger partial charge in [0, 0.05) is 6.04 Å². The van der Waals surface area contributed by atoms with Crippen LogP contribution in [0.15, 0.2) is 12.1 Å². The molecular weight excluding hydrogens is 252 g/mol. The van der Waals surface area contributed by atoms with Crippen molar-refractivity contribution in [1.29, 1.82) is 0 Å². The van der Waals surface area contributed by atoms with Crippen LogP contribution in [-0.2, 0) is 11.2 Å². The average Bonchev–Trinajstić information content (AvgIpc) is 2.43. The molecule has 1 aliphatic rings. The Morgan fingerprint density at radius 3 is 2.84 bits per heavy atom. The first-order valence-electron chi connectivity index (χ1n) is 6.41. The lowest BCUT2D eigenvalue weighted by Gasteiger charge is -2.23. The number of rotatable bonds is 3. The first-order valence-corrected chi connectivity index (χ1v) is 6.41. The maximum absolute atomic E-state index is 13.5. The summed E-state index contributed by atoms with van der Waals surface area (Å²) in [6, 6.07) is 2.78. The number of hydrogen-bond acceptors (Lipinski definition) is 3. The van der Waals surface area contributed by atoms with E-state index in [1.807, 2.05) is 0 Å². The Morgan fingerprint density at radius 1 is 1.42 bits per heavy atom. The Morgan fingerprint density at radius 2 is 2.21 bits per heavy atom. The van der Waals surface area contributed by atoms with E-state index in [2.05, 4.69) is 10.1 Å². The van der Waals surface area contributed by atoms with E-state index in [4.69, 9.17) is 0 Å². The Kier molecular flexibility index (Phi) is 4.47. The highest BCUT2D eigenvalue weighted by molar-refractivity contribution is 5.89. The number of esters is 1. The minimum atomic E-state index is -1.15. The number of hydrogen-bond donors (Lipinski definition) is 1. The first-order chi connectivity index (χ1) is 9.11. The number of carbonyl (C=O) groups is 1. The molecule has 1 heterocycles. The average molecular weight is 269 g/mol. The molecule has 0 bridgehead atoms. The molecule has 2 rings (SSSR count). The maximum Gasteiger partial charge on any atom is 0.340 e. The van der Waals surface area contributed by atoms with Crippen molar-refractivity contribution in [3.63, 3.8) is 0 Å². The summed E-state index contributed by atoms with van der Waals surface area (Å²) in [5, 5.41) is 3.33. The quantitative estimate of drug-likeness (QED) is 0.856. The zero-order valence-corrected chi connectivity index (χ0v) is 10.8. The summed E-state index contributed by atoms with van der Waals surface area (Å²) < 4.78 is 31.4. The van der Waals surface area contributed by atoms with Crippen molar-refractivity contribution in [3.05, 3.63) is 34.9 Å². The predicted molar refractivity (Wildman–Crippen MR) is 67.0 cm³/mol. The van der Waals surface area contributed by atoms with Gasteiger partial charge >= 0.3 is 5.97 Å². The van der Waals surface area contributed by atoms with Crippen LogP contribution in [-0.4, -0.2) is 25.7 Å². The summed E-state index contributed by atoms with van der Waals surface area (Å²) in [6.07, 6.45) is 3.86. The summed E-state index contributed by atoms with van der Waals surface area (Å²) in [5.41, 5.74) is 0.270. The zero-order chi connectivity index (χ0) is 13.8. The van der Waals surface area contributed by atoms with Crippen molar-refractivity contribution >= 4 is 5.97 Å². The van der Waals surface area contributed by atoms with E-state index in [9.17, 15) is 13.6 Å². The van der Waals surface area contributed by atoms with E-state index in [0.29, 0.717) is 12.0 Å². The maximum atomic E-state index is 13.5. The number of methoxy groups -OCH3 is 1. The van der Waals surface area contributed by atoms with Gasteiger partial charge in [-0.25, -0.2) is 13.6 Å². The minimum absolute atomic E-state index is 0.254. The van der Waals surface area contributed by atoms with Crippen LogP contribution in [0.25, 0.3) is 0 Å². The smallest absolute Gasteiger partial charge is 0.340 e. The molecule has 0 radical (unpaired) electrons. The summed E-state index contributed by atoms with van der Waals surface area (Å²) in [4.78, 5) is 11.4. The van der Waals surface area contributed by atoms with Crippen LogP contribution in [0.4, 0.5) is 8.78 Å². The fourth-order valence-electron chi connectivity index (χ4n) is 2.40. The topological polar surface area (TPSA) is 38.3 Å². The third-order valence-corrected chi connectivity index (χ3v) is 3.39. The van der Waals surface area contributed by atoms with Crippen LogP contribution >= 0.6 is 0 Å². The standard InChI is InChI=1S/C14H17F2NO2/c1-19-14(18)11-7-9(8-12(15)13(11)16)6-10-4-2-3-5-17-10/h7-8,10,17H,2-6H2,1H3. The lowest BCUT2D eigenvalue weighted by Crippen LogP contribution is -2.35. The van der Waals surface area contributed by atoms with Gasteiger partial charge in [0.2, 0.25) is 0 Å². The molecule has 19 heavy (non-hydrogen) atoms. The van der Waals surface area contributed by atoms with Gasteiger partial charge in [-0.2, -0.15) is 0 Å². The van der Waals surface area contributed by atoms with Gasteiger partial charge in [0.1, 0.15) is 0 Å². The molecule has 0 spiro atoms. The molecule has 1 N–H and O–H groups in total. The van der Waals surface area contributed by atoms with Crippen molar-refractivity contribution in [2.24, 2.45) is 0 Å². The van der Waals surface area contributed by atoms with Crippen LogP contribution < -0.4 is 5.32 Å². The summed E-state index contributed by atoms with van der Waals surface area (Å²) in [5.74, 6) is -3.00. The Balaban J connectivity index is 2.20.